The van der Waals surface area contributed by atoms with Crippen LogP contribution in [0, 0.1) is 11.8 Å². The summed E-state index contributed by atoms with van der Waals surface area (Å²) < 4.78 is 49.4. The van der Waals surface area contributed by atoms with Crippen LogP contribution in [0.4, 0.5) is 13.2 Å². The summed E-state index contributed by atoms with van der Waals surface area (Å²) in [5.41, 5.74) is -1.51. The molecular weight excluding hydrogens is 563 g/mol. The Bertz CT molecular complexity index is 1450. The Labute approximate surface area is 238 Å². The van der Waals surface area contributed by atoms with Gasteiger partial charge in [-0.15, -0.1) is 0 Å². The maximum atomic E-state index is 14.7. The number of aromatic hydroxyl groups is 1. The number of rotatable bonds is 5. The molecule has 1 aliphatic heterocycles. The lowest BCUT2D eigenvalue weighted by molar-refractivity contribution is -0.148. The summed E-state index contributed by atoms with van der Waals surface area (Å²) in [7, 11) is 4.57. The number of Topliss-reactive ketones (excluding diaryl/α,β-unsaturated/α-hetero) is 2. The number of carbonyl (C=O) groups is 3. The highest BCUT2D eigenvalue weighted by Gasteiger charge is 2.63. The van der Waals surface area contributed by atoms with Crippen LogP contribution in [0.15, 0.2) is 28.7 Å². The van der Waals surface area contributed by atoms with E-state index in [0.717, 1.165) is 6.07 Å². The second kappa shape index (κ2) is 10.1. The molecule has 0 unspecified atom stereocenters. The van der Waals surface area contributed by atoms with Gasteiger partial charge in [-0.25, -0.2) is 0 Å². The van der Waals surface area contributed by atoms with E-state index in [1.54, 1.807) is 11.9 Å². The summed E-state index contributed by atoms with van der Waals surface area (Å²) >= 11 is 0. The summed E-state index contributed by atoms with van der Waals surface area (Å²) in [4.78, 5) is 42.2. The van der Waals surface area contributed by atoms with Gasteiger partial charge in [-0.05, 0) is 63.5 Å². The van der Waals surface area contributed by atoms with Crippen LogP contribution >= 0.6 is 0 Å². The van der Waals surface area contributed by atoms with E-state index in [9.17, 15) is 48.0 Å². The van der Waals surface area contributed by atoms with Gasteiger partial charge in [0.2, 0.25) is 5.78 Å². The normalized spacial score (nSPS) is 29.7. The number of phenolic OH excluding ortho intramolecular Hbond substituents is 1. The van der Waals surface area contributed by atoms with Crippen molar-refractivity contribution >= 4 is 17.5 Å². The SMILES string of the molecule is CN(C)[C@@H]1C(O)=C(C(N)=O)C(=O)[C@@]2(O)C(O)=C3C(=O)c4c(O)cc(CN(C)[C@@H]5CCOC5)c(C(F)(F)F)c4C[C@H]3C[C@@H]12. The van der Waals surface area contributed by atoms with Gasteiger partial charge in [-0.3, -0.25) is 24.2 Å². The quantitative estimate of drug-likeness (QED) is 0.313. The van der Waals surface area contributed by atoms with Gasteiger partial charge in [0, 0.05) is 30.7 Å². The van der Waals surface area contributed by atoms with Gasteiger partial charge in [0.25, 0.3) is 5.91 Å². The molecule has 1 amide bonds. The summed E-state index contributed by atoms with van der Waals surface area (Å²) in [6.45, 7) is 0.628. The topological polar surface area (TPSA) is 174 Å². The van der Waals surface area contributed by atoms with Gasteiger partial charge in [-0.2, -0.15) is 13.2 Å². The van der Waals surface area contributed by atoms with Crippen molar-refractivity contribution in [3.63, 3.8) is 0 Å². The highest BCUT2D eigenvalue weighted by molar-refractivity contribution is 6.24. The molecule has 11 nitrogen and oxygen atoms in total. The van der Waals surface area contributed by atoms with E-state index >= 15 is 0 Å². The number of halogens is 3. The van der Waals surface area contributed by atoms with Crippen LogP contribution < -0.4 is 5.73 Å². The first-order valence-corrected chi connectivity index (χ1v) is 13.4. The van der Waals surface area contributed by atoms with Crippen molar-refractivity contribution in [3.8, 4) is 5.75 Å². The third kappa shape index (κ3) is 4.31. The number of nitrogens with two attached hydrogens (primary N) is 1. The second-order valence-electron chi connectivity index (χ2n) is 11.7. The predicted molar refractivity (Wildman–Crippen MR) is 139 cm³/mol. The fraction of sp³-hybridized carbons (Fsp3) is 0.536. The van der Waals surface area contributed by atoms with Crippen molar-refractivity contribution in [2.24, 2.45) is 17.6 Å². The molecule has 0 spiro atoms. The monoisotopic (exact) mass is 595 g/mol. The number of hydrogen-bond acceptors (Lipinski definition) is 10. The maximum absolute atomic E-state index is 14.7. The number of alkyl halides is 3. The molecule has 228 valence electrons. The van der Waals surface area contributed by atoms with Gasteiger partial charge < -0.3 is 30.9 Å². The zero-order valence-electron chi connectivity index (χ0n) is 23.2. The fourth-order valence-electron chi connectivity index (χ4n) is 7.14. The average molecular weight is 596 g/mol. The van der Waals surface area contributed by atoms with Crippen molar-refractivity contribution in [1.29, 1.82) is 0 Å². The largest absolute Gasteiger partial charge is 0.510 e. The van der Waals surface area contributed by atoms with E-state index in [2.05, 4.69) is 0 Å². The molecule has 5 rings (SSSR count). The minimum Gasteiger partial charge on any atom is -0.510 e. The first kappa shape index (κ1) is 30.0. The van der Waals surface area contributed by atoms with Crippen molar-refractivity contribution < 1.29 is 52.7 Å². The number of ketones is 2. The number of primary amides is 1. The summed E-state index contributed by atoms with van der Waals surface area (Å²) in [5.74, 6) is -9.07. The van der Waals surface area contributed by atoms with Crippen LogP contribution in [0.2, 0.25) is 0 Å². The van der Waals surface area contributed by atoms with E-state index < -0.39 is 98.7 Å². The summed E-state index contributed by atoms with van der Waals surface area (Å²) in [5, 5.41) is 44.7. The average Bonchev–Trinajstić information content (AvgIpc) is 3.40. The number of nitrogens with zero attached hydrogens (tertiary/aromatic N) is 2. The van der Waals surface area contributed by atoms with Crippen LogP contribution in [0.1, 0.15) is 39.9 Å². The maximum Gasteiger partial charge on any atom is 0.417 e. The lowest BCUT2D eigenvalue weighted by Crippen LogP contribution is -2.63. The molecule has 14 heteroatoms. The lowest BCUT2D eigenvalue weighted by Gasteiger charge is -2.50. The molecule has 3 aliphatic carbocycles. The molecule has 1 aromatic carbocycles. The number of aliphatic hydroxyl groups is 3. The van der Waals surface area contributed by atoms with E-state index in [4.69, 9.17) is 10.5 Å². The summed E-state index contributed by atoms with van der Waals surface area (Å²) in [6, 6.07) is -0.505. The Morgan fingerprint density at radius 3 is 2.40 bits per heavy atom. The van der Waals surface area contributed by atoms with Crippen LogP contribution in [-0.4, -0.2) is 99.7 Å². The standard InChI is InChI=1S/C28H32F3N3O8/c1-33(2)21-15-7-11-6-14-18(22(36)17(11)24(38)27(15,41)25(39)19(23(21)37)26(32)40)16(35)8-12(20(14)28(29,30)31)9-34(3)13-4-5-42-10-13/h8,11,13,15,21,35,37-38,41H,4-7,9-10H2,1-3H3,(H2,32,40)/t11-,13+,15-,21-,27-/m0/s1. The Morgan fingerprint density at radius 2 is 1.86 bits per heavy atom. The molecule has 0 radical (unpaired) electrons. The zero-order chi connectivity index (χ0) is 31.0. The van der Waals surface area contributed by atoms with E-state index in [-0.39, 0.29) is 24.6 Å². The number of hydrogen-bond donors (Lipinski definition) is 5. The van der Waals surface area contributed by atoms with E-state index in [1.165, 1.54) is 19.0 Å². The summed E-state index contributed by atoms with van der Waals surface area (Å²) in [6.07, 6.45) is -5.06. The number of aliphatic hydroxyl groups excluding tert-OH is 2. The minimum absolute atomic E-state index is 0.133. The van der Waals surface area contributed by atoms with Gasteiger partial charge in [0.1, 0.15) is 22.8 Å². The number of benzene rings is 1. The van der Waals surface area contributed by atoms with Gasteiger partial charge in [0.15, 0.2) is 11.4 Å². The van der Waals surface area contributed by atoms with Gasteiger partial charge >= 0.3 is 6.18 Å². The van der Waals surface area contributed by atoms with Crippen LogP contribution in [-0.2, 0) is 33.5 Å². The Kier molecular flexibility index (Phi) is 7.20. The highest BCUT2D eigenvalue weighted by Crippen LogP contribution is 2.54. The highest BCUT2D eigenvalue weighted by atomic mass is 19.4. The number of likely N-dealkylation sites (N-methyl/N-ethyl adjacent to an activating group) is 2. The van der Waals surface area contributed by atoms with Crippen LogP contribution in [0.3, 0.4) is 0 Å². The molecule has 0 saturated carbocycles. The molecular formula is C28H32F3N3O8. The molecule has 0 aromatic heterocycles. The van der Waals surface area contributed by atoms with E-state index in [0.29, 0.717) is 19.6 Å². The zero-order valence-corrected chi connectivity index (χ0v) is 23.2. The molecule has 1 saturated heterocycles. The van der Waals surface area contributed by atoms with Crippen molar-refractivity contribution in [2.45, 2.75) is 49.7 Å². The second-order valence-corrected chi connectivity index (χ2v) is 11.7. The molecule has 5 atom stereocenters. The number of carbonyl (C=O) groups excluding carboxylic acids is 3. The third-order valence-electron chi connectivity index (χ3n) is 9.04. The van der Waals surface area contributed by atoms with E-state index in [1.807, 2.05) is 0 Å². The number of ether oxygens (including phenoxy) is 1. The van der Waals surface area contributed by atoms with Crippen LogP contribution in [0.25, 0.3) is 0 Å². The number of fused-ring (bicyclic) bond motifs is 3. The van der Waals surface area contributed by atoms with Crippen LogP contribution in [0.5, 0.6) is 5.75 Å². The van der Waals surface area contributed by atoms with Gasteiger partial charge in [-0.1, -0.05) is 0 Å². The number of phenols is 1. The molecule has 42 heavy (non-hydrogen) atoms. The van der Waals surface area contributed by atoms with Crippen molar-refractivity contribution in [1.82, 2.24) is 9.80 Å². The minimum atomic E-state index is -4.91. The van der Waals surface area contributed by atoms with Gasteiger partial charge in [0.05, 0.1) is 23.8 Å². The Morgan fingerprint density at radius 1 is 1.19 bits per heavy atom. The molecule has 1 heterocycles. The Hall–Kier alpha value is -3.46. The molecule has 6 N–H and O–H groups in total. The van der Waals surface area contributed by atoms with Crippen molar-refractivity contribution in [3.05, 3.63) is 51.0 Å². The Balaban J connectivity index is 1.68. The van der Waals surface area contributed by atoms with Crippen molar-refractivity contribution in [2.75, 3.05) is 34.4 Å². The predicted octanol–water partition coefficient (Wildman–Crippen LogP) is 1.36. The molecule has 0 bridgehead atoms. The molecule has 1 aromatic rings. The molecule has 1 fully saturated rings. The number of allylic oxidation sites excluding steroid dienone is 1. The fourth-order valence-corrected chi connectivity index (χ4v) is 7.14. The lowest BCUT2D eigenvalue weighted by atomic mass is 9.58. The first-order valence-electron chi connectivity index (χ1n) is 13.4. The molecule has 4 aliphatic rings. The third-order valence-corrected chi connectivity index (χ3v) is 9.04. The smallest absolute Gasteiger partial charge is 0.417 e. The number of amides is 1. The first-order chi connectivity index (χ1) is 19.5.